The first-order valence-electron chi connectivity index (χ1n) is 9.00. The summed E-state index contributed by atoms with van der Waals surface area (Å²) in [5, 5.41) is 19.7. The van der Waals surface area contributed by atoms with Crippen molar-refractivity contribution in [2.75, 3.05) is 0 Å². The zero-order valence-electron chi connectivity index (χ0n) is 14.7. The molecular formula is C20H15BN4O3+2. The normalized spacial score (nSPS) is 12.5. The number of rotatable bonds is 3. The maximum atomic E-state index is 9.37. The highest BCUT2D eigenvalue weighted by molar-refractivity contribution is 6.33. The van der Waals surface area contributed by atoms with Gasteiger partial charge >= 0.3 is 13.0 Å². The van der Waals surface area contributed by atoms with Gasteiger partial charge in [-0.2, -0.15) is 0 Å². The summed E-state index contributed by atoms with van der Waals surface area (Å²) >= 11 is 0. The molecule has 0 saturated carbocycles. The van der Waals surface area contributed by atoms with Gasteiger partial charge in [0.05, 0.1) is 5.56 Å². The molecule has 4 aromatic heterocycles. The van der Waals surface area contributed by atoms with Gasteiger partial charge in [-0.25, -0.2) is 9.71 Å². The van der Waals surface area contributed by atoms with Crippen LogP contribution in [0.25, 0.3) is 38.8 Å². The Hall–Kier alpha value is -3.49. The van der Waals surface area contributed by atoms with E-state index < -0.39 is 7.32 Å². The third-order valence-corrected chi connectivity index (χ3v) is 5.29. The van der Waals surface area contributed by atoms with Crippen LogP contribution in [0, 0.1) is 0 Å². The second-order valence-electron chi connectivity index (χ2n) is 6.86. The van der Waals surface area contributed by atoms with Crippen LogP contribution in [-0.4, -0.2) is 27.1 Å². The van der Waals surface area contributed by atoms with Crippen LogP contribution in [0.15, 0.2) is 67.1 Å². The minimum atomic E-state index is -1.92. The third kappa shape index (κ3) is 1.98. The number of hydrogen-bond acceptors (Lipinski definition) is 4. The summed E-state index contributed by atoms with van der Waals surface area (Å²) in [6.07, 6.45) is 5.59. The number of hydrogen-bond donors (Lipinski definition) is 2. The van der Waals surface area contributed by atoms with Gasteiger partial charge in [0.15, 0.2) is 17.4 Å². The molecule has 1 aliphatic rings. The van der Waals surface area contributed by atoms with Crippen molar-refractivity contribution < 1.29 is 23.8 Å². The van der Waals surface area contributed by atoms with Crippen LogP contribution in [0.5, 0.6) is 0 Å². The summed E-state index contributed by atoms with van der Waals surface area (Å²) in [5.74, 6) is 0. The molecule has 0 fully saturated rings. The zero-order chi connectivity index (χ0) is 18.8. The van der Waals surface area contributed by atoms with Crippen molar-refractivity contribution in [3.63, 3.8) is 0 Å². The fourth-order valence-corrected chi connectivity index (χ4v) is 4.26. The van der Waals surface area contributed by atoms with Gasteiger partial charge in [-0.3, -0.25) is 0 Å². The van der Waals surface area contributed by atoms with E-state index in [1.165, 1.54) is 4.73 Å². The Morgan fingerprint density at radius 3 is 2.75 bits per heavy atom. The zero-order valence-corrected chi connectivity index (χ0v) is 14.7. The number of imidazole rings is 1. The van der Waals surface area contributed by atoms with Gasteiger partial charge in [-0.05, 0) is 24.3 Å². The first-order chi connectivity index (χ1) is 13.7. The van der Waals surface area contributed by atoms with Crippen LogP contribution in [0.4, 0.5) is 0 Å². The Morgan fingerprint density at radius 2 is 1.93 bits per heavy atom. The molecule has 28 heavy (non-hydrogen) atoms. The smallest absolute Gasteiger partial charge is 0.421 e. The van der Waals surface area contributed by atoms with E-state index in [0.29, 0.717) is 0 Å². The lowest BCUT2D eigenvalue weighted by molar-refractivity contribution is -0.687. The maximum Gasteiger partial charge on any atom is 0.728 e. The van der Waals surface area contributed by atoms with Crippen LogP contribution >= 0.6 is 0 Å². The molecule has 7 nitrogen and oxygen atoms in total. The van der Waals surface area contributed by atoms with Crippen molar-refractivity contribution in [2.45, 2.75) is 6.54 Å². The number of nitrogens with zero attached hydrogens (tertiary/aromatic N) is 4. The molecule has 0 radical (unpaired) electrons. The molecule has 0 atom stereocenters. The van der Waals surface area contributed by atoms with E-state index in [9.17, 15) is 10.0 Å². The lowest BCUT2D eigenvalue weighted by atomic mass is 10.1. The van der Waals surface area contributed by atoms with Crippen LogP contribution in [0.3, 0.4) is 0 Å². The van der Waals surface area contributed by atoms with Crippen molar-refractivity contribution in [1.82, 2.24) is 9.71 Å². The molecular weight excluding hydrogens is 355 g/mol. The number of fused-ring (bicyclic) bond motifs is 3. The fourth-order valence-electron chi connectivity index (χ4n) is 4.26. The predicted octanol–water partition coefficient (Wildman–Crippen LogP) is 0.642. The van der Waals surface area contributed by atoms with Crippen LogP contribution in [-0.2, 0) is 6.54 Å². The number of pyridine rings is 3. The molecule has 0 spiro atoms. The highest BCUT2D eigenvalue weighted by Gasteiger charge is 2.40. The van der Waals surface area contributed by atoms with E-state index in [4.69, 9.17) is 4.76 Å². The standard InChI is InChI=1S/C20H15BN4O3/c26-21(27)28-24-10-8-14-11-23-12-16(13-5-2-1-3-6-13)25-15-7-4-9-22-18(15)19(24)17(14)20(23)25/h1-10,12,26-27H,11H2/q+2. The second-order valence-corrected chi connectivity index (χ2v) is 6.86. The molecule has 0 bridgehead atoms. The third-order valence-electron chi connectivity index (χ3n) is 5.29. The van der Waals surface area contributed by atoms with Gasteiger partial charge in [-0.15, -0.1) is 4.57 Å². The average molecular weight is 370 g/mol. The summed E-state index contributed by atoms with van der Waals surface area (Å²) in [5.41, 5.74) is 6.75. The summed E-state index contributed by atoms with van der Waals surface area (Å²) in [6.45, 7) is 0.737. The largest absolute Gasteiger partial charge is 0.728 e. The van der Waals surface area contributed by atoms with Crippen molar-refractivity contribution in [2.24, 2.45) is 0 Å². The fraction of sp³-hybridized carbons (Fsp3) is 0.0500. The molecule has 5 heterocycles. The molecule has 1 aromatic carbocycles. The van der Waals surface area contributed by atoms with Crippen LogP contribution in [0.1, 0.15) is 5.56 Å². The maximum absolute atomic E-state index is 9.37. The van der Waals surface area contributed by atoms with Crippen LogP contribution < -0.4 is 13.7 Å². The molecule has 0 amide bonds. The van der Waals surface area contributed by atoms with Gasteiger partial charge in [0, 0.05) is 24.0 Å². The molecule has 0 aliphatic carbocycles. The lowest BCUT2D eigenvalue weighted by Gasteiger charge is -2.11. The Morgan fingerprint density at radius 1 is 1.07 bits per heavy atom. The summed E-state index contributed by atoms with van der Waals surface area (Å²) in [7, 11) is -1.92. The van der Waals surface area contributed by atoms with E-state index in [2.05, 4.69) is 32.3 Å². The minimum absolute atomic E-state index is 0.720. The number of benzene rings is 1. The Balaban J connectivity index is 1.85. The first kappa shape index (κ1) is 15.6. The quantitative estimate of drug-likeness (QED) is 0.272. The van der Waals surface area contributed by atoms with Crippen molar-refractivity contribution >= 4 is 34.9 Å². The van der Waals surface area contributed by atoms with Crippen molar-refractivity contribution in [1.29, 1.82) is 0 Å². The SMILES string of the molecule is OB(O)On1ccc2c3c1c1ncccc1[n+]1c(-c4ccccc4)c[n+](c31)C2. The van der Waals surface area contributed by atoms with Crippen LogP contribution in [0.2, 0.25) is 0 Å². The average Bonchev–Trinajstić information content (AvgIpc) is 3.26. The highest BCUT2D eigenvalue weighted by Crippen LogP contribution is 2.31. The second kappa shape index (κ2) is 5.51. The van der Waals surface area contributed by atoms with Gasteiger partial charge in [0.25, 0.3) is 5.69 Å². The summed E-state index contributed by atoms with van der Waals surface area (Å²) in [6, 6.07) is 16.1. The molecule has 5 aromatic rings. The van der Waals surface area contributed by atoms with Crippen molar-refractivity contribution in [3.8, 4) is 11.3 Å². The minimum Gasteiger partial charge on any atom is -0.421 e. The van der Waals surface area contributed by atoms with Gasteiger partial charge < -0.3 is 14.8 Å². The molecule has 2 N–H and O–H groups in total. The highest BCUT2D eigenvalue weighted by atomic mass is 16.7. The molecule has 1 aliphatic heterocycles. The summed E-state index contributed by atoms with van der Waals surface area (Å²) < 4.78 is 11.0. The molecule has 6 rings (SSSR count). The molecule has 0 unspecified atom stereocenters. The Kier molecular flexibility index (Phi) is 3.06. The van der Waals surface area contributed by atoms with E-state index in [1.54, 1.807) is 12.4 Å². The van der Waals surface area contributed by atoms with E-state index in [1.807, 2.05) is 36.4 Å². The monoisotopic (exact) mass is 370 g/mol. The van der Waals surface area contributed by atoms with Gasteiger partial charge in [-0.1, -0.05) is 22.6 Å². The van der Waals surface area contributed by atoms with E-state index in [-0.39, 0.29) is 0 Å². The van der Waals surface area contributed by atoms with Gasteiger partial charge in [0.1, 0.15) is 5.52 Å². The predicted molar refractivity (Wildman–Crippen MR) is 102 cm³/mol. The molecule has 0 saturated heterocycles. The topological polar surface area (TPSA) is 75.5 Å². The Bertz CT molecular complexity index is 1400. The lowest BCUT2D eigenvalue weighted by Crippen LogP contribution is -2.34. The Labute approximate surface area is 159 Å². The molecule has 134 valence electrons. The molecule has 8 heteroatoms. The number of aromatic nitrogens is 4. The van der Waals surface area contributed by atoms with E-state index in [0.717, 1.165) is 50.9 Å². The van der Waals surface area contributed by atoms with Gasteiger partial charge in [0.2, 0.25) is 11.7 Å². The summed E-state index contributed by atoms with van der Waals surface area (Å²) in [4.78, 5) is 4.61. The first-order valence-corrected chi connectivity index (χ1v) is 9.00. The van der Waals surface area contributed by atoms with Crippen molar-refractivity contribution in [3.05, 3.63) is 72.7 Å². The van der Waals surface area contributed by atoms with E-state index >= 15 is 0 Å².